The Hall–Kier alpha value is -1.62. The Bertz CT molecular complexity index is 428. The van der Waals surface area contributed by atoms with Gasteiger partial charge in [-0.3, -0.25) is 9.78 Å². The number of aromatic amines is 1. The van der Waals surface area contributed by atoms with E-state index in [1.54, 1.807) is 4.68 Å². The number of aromatic nitrogens is 4. The van der Waals surface area contributed by atoms with E-state index in [-0.39, 0.29) is 0 Å². The molecule has 0 aliphatic carbocycles. The molecule has 0 aromatic carbocycles. The molecule has 0 unspecified atom stereocenters. The molecule has 80 valence electrons. The van der Waals surface area contributed by atoms with Crippen molar-refractivity contribution in [3.8, 4) is 0 Å². The van der Waals surface area contributed by atoms with Gasteiger partial charge in [-0.05, 0) is 6.92 Å². The first-order valence-electron chi connectivity index (χ1n) is 4.93. The van der Waals surface area contributed by atoms with Gasteiger partial charge in [-0.25, -0.2) is 0 Å². The monoisotopic (exact) mass is 205 g/mol. The minimum absolute atomic E-state index is 0.831. The molecule has 0 aliphatic rings. The Morgan fingerprint density at radius 3 is 2.87 bits per heavy atom. The number of nitrogens with one attached hydrogen (secondary N) is 2. The molecule has 0 amide bonds. The van der Waals surface area contributed by atoms with Crippen molar-refractivity contribution in [1.29, 1.82) is 0 Å². The average molecular weight is 205 g/mol. The lowest BCUT2D eigenvalue weighted by Gasteiger charge is -2.01. The Morgan fingerprint density at radius 2 is 2.27 bits per heavy atom. The lowest BCUT2D eigenvalue weighted by atomic mass is 10.2. The number of aryl methyl sites for hydroxylation is 2. The van der Waals surface area contributed by atoms with Crippen LogP contribution < -0.4 is 5.32 Å². The van der Waals surface area contributed by atoms with Crippen LogP contribution >= 0.6 is 0 Å². The highest BCUT2D eigenvalue weighted by atomic mass is 15.2. The maximum absolute atomic E-state index is 4.11. The van der Waals surface area contributed by atoms with Gasteiger partial charge in [0.15, 0.2) is 0 Å². The zero-order valence-corrected chi connectivity index (χ0v) is 8.99. The number of nitrogens with zero attached hydrogens (tertiary/aromatic N) is 3. The molecule has 0 radical (unpaired) electrons. The topological polar surface area (TPSA) is 58.5 Å². The summed E-state index contributed by atoms with van der Waals surface area (Å²) in [5, 5.41) is 14.3. The Labute approximate surface area is 88.5 Å². The fourth-order valence-corrected chi connectivity index (χ4v) is 1.46. The fraction of sp³-hybridized carbons (Fsp3) is 0.400. The molecule has 0 spiro atoms. The molecule has 0 fully saturated rings. The molecule has 5 heteroatoms. The smallest absolute Gasteiger partial charge is 0.0535 e. The van der Waals surface area contributed by atoms with E-state index in [1.807, 2.05) is 32.6 Å². The minimum atomic E-state index is 0.831. The van der Waals surface area contributed by atoms with E-state index < -0.39 is 0 Å². The van der Waals surface area contributed by atoms with E-state index in [2.05, 4.69) is 20.6 Å². The fourth-order valence-electron chi connectivity index (χ4n) is 1.46. The molecule has 0 saturated carbocycles. The highest BCUT2D eigenvalue weighted by Crippen LogP contribution is 2.02. The molecule has 15 heavy (non-hydrogen) atoms. The first-order chi connectivity index (χ1) is 7.25. The van der Waals surface area contributed by atoms with Gasteiger partial charge in [0.05, 0.1) is 12.4 Å². The standard InChI is InChI=1S/C10H15N5/c1-8-10(6-12-14-8)5-11-3-9-4-13-15(2)7-9/h4,6-7,11H,3,5H2,1-2H3,(H,12,14). The van der Waals surface area contributed by atoms with Crippen LogP contribution in [0.2, 0.25) is 0 Å². The second-order valence-corrected chi connectivity index (χ2v) is 3.65. The SMILES string of the molecule is Cc1[nH]ncc1CNCc1cnn(C)c1. The number of hydrogen-bond acceptors (Lipinski definition) is 3. The summed E-state index contributed by atoms with van der Waals surface area (Å²) in [5.41, 5.74) is 3.52. The number of rotatable bonds is 4. The van der Waals surface area contributed by atoms with Crippen molar-refractivity contribution in [2.24, 2.45) is 7.05 Å². The Balaban J connectivity index is 1.83. The van der Waals surface area contributed by atoms with Crippen molar-refractivity contribution >= 4 is 0 Å². The van der Waals surface area contributed by atoms with Gasteiger partial charge < -0.3 is 5.32 Å². The van der Waals surface area contributed by atoms with E-state index in [0.29, 0.717) is 0 Å². The minimum Gasteiger partial charge on any atom is -0.308 e. The molecule has 2 N–H and O–H groups in total. The average Bonchev–Trinajstić information content (AvgIpc) is 2.77. The van der Waals surface area contributed by atoms with E-state index in [0.717, 1.165) is 18.8 Å². The summed E-state index contributed by atoms with van der Waals surface area (Å²) in [6.45, 7) is 3.68. The first kappa shape index (κ1) is 9.92. The summed E-state index contributed by atoms with van der Waals surface area (Å²) in [5.74, 6) is 0. The molecule has 2 heterocycles. The molecule has 0 aliphatic heterocycles. The van der Waals surface area contributed by atoms with Crippen LogP contribution in [-0.2, 0) is 20.1 Å². The lowest BCUT2D eigenvalue weighted by Crippen LogP contribution is -2.12. The van der Waals surface area contributed by atoms with Gasteiger partial charge in [-0.15, -0.1) is 0 Å². The van der Waals surface area contributed by atoms with Crippen LogP contribution in [0.4, 0.5) is 0 Å². The summed E-state index contributed by atoms with van der Waals surface area (Å²) in [7, 11) is 1.92. The third kappa shape index (κ3) is 2.44. The molecular formula is C10H15N5. The highest BCUT2D eigenvalue weighted by Gasteiger charge is 2.00. The van der Waals surface area contributed by atoms with Crippen molar-refractivity contribution in [3.05, 3.63) is 35.4 Å². The second-order valence-electron chi connectivity index (χ2n) is 3.65. The van der Waals surface area contributed by atoms with Gasteiger partial charge in [-0.1, -0.05) is 0 Å². The Kier molecular flexibility index (Phi) is 2.82. The summed E-state index contributed by atoms with van der Waals surface area (Å²) < 4.78 is 1.81. The van der Waals surface area contributed by atoms with Gasteiger partial charge >= 0.3 is 0 Å². The quantitative estimate of drug-likeness (QED) is 0.774. The predicted molar refractivity (Wildman–Crippen MR) is 57.1 cm³/mol. The normalized spacial score (nSPS) is 10.8. The van der Waals surface area contributed by atoms with Crippen molar-refractivity contribution in [1.82, 2.24) is 25.3 Å². The van der Waals surface area contributed by atoms with Crippen molar-refractivity contribution < 1.29 is 0 Å². The van der Waals surface area contributed by atoms with Gasteiger partial charge in [0.2, 0.25) is 0 Å². The largest absolute Gasteiger partial charge is 0.308 e. The lowest BCUT2D eigenvalue weighted by molar-refractivity contribution is 0.689. The highest BCUT2D eigenvalue weighted by molar-refractivity contribution is 5.14. The summed E-state index contributed by atoms with van der Waals surface area (Å²) in [6, 6.07) is 0. The number of hydrogen-bond donors (Lipinski definition) is 2. The molecule has 2 rings (SSSR count). The second kappa shape index (κ2) is 4.27. The molecule has 0 bridgehead atoms. The van der Waals surface area contributed by atoms with E-state index in [9.17, 15) is 0 Å². The van der Waals surface area contributed by atoms with Crippen LogP contribution in [0, 0.1) is 6.92 Å². The van der Waals surface area contributed by atoms with Crippen molar-refractivity contribution in [3.63, 3.8) is 0 Å². The third-order valence-electron chi connectivity index (χ3n) is 2.34. The summed E-state index contributed by atoms with van der Waals surface area (Å²) in [6.07, 6.45) is 5.73. The van der Waals surface area contributed by atoms with Crippen LogP contribution in [-0.4, -0.2) is 20.0 Å². The van der Waals surface area contributed by atoms with E-state index >= 15 is 0 Å². The van der Waals surface area contributed by atoms with Crippen LogP contribution in [0.3, 0.4) is 0 Å². The molecule has 0 atom stereocenters. The third-order valence-corrected chi connectivity index (χ3v) is 2.34. The maximum Gasteiger partial charge on any atom is 0.0535 e. The maximum atomic E-state index is 4.11. The summed E-state index contributed by atoms with van der Waals surface area (Å²) >= 11 is 0. The summed E-state index contributed by atoms with van der Waals surface area (Å²) in [4.78, 5) is 0. The zero-order valence-electron chi connectivity index (χ0n) is 8.99. The molecule has 2 aromatic heterocycles. The molecular weight excluding hydrogens is 190 g/mol. The Morgan fingerprint density at radius 1 is 1.40 bits per heavy atom. The van der Waals surface area contributed by atoms with Gasteiger partial charge in [0.25, 0.3) is 0 Å². The van der Waals surface area contributed by atoms with Crippen LogP contribution in [0.15, 0.2) is 18.6 Å². The zero-order chi connectivity index (χ0) is 10.7. The first-order valence-corrected chi connectivity index (χ1v) is 4.93. The predicted octanol–water partition coefficient (Wildman–Crippen LogP) is 0.741. The van der Waals surface area contributed by atoms with Crippen LogP contribution in [0.25, 0.3) is 0 Å². The van der Waals surface area contributed by atoms with Gasteiger partial charge in [0.1, 0.15) is 0 Å². The molecule has 2 aromatic rings. The van der Waals surface area contributed by atoms with Crippen LogP contribution in [0.1, 0.15) is 16.8 Å². The van der Waals surface area contributed by atoms with Gasteiger partial charge in [-0.2, -0.15) is 10.2 Å². The van der Waals surface area contributed by atoms with Crippen LogP contribution in [0.5, 0.6) is 0 Å². The van der Waals surface area contributed by atoms with E-state index in [4.69, 9.17) is 0 Å². The van der Waals surface area contributed by atoms with E-state index in [1.165, 1.54) is 11.1 Å². The van der Waals surface area contributed by atoms with Gasteiger partial charge in [0, 0.05) is 43.2 Å². The molecule has 5 nitrogen and oxygen atoms in total. The number of H-pyrrole nitrogens is 1. The molecule has 0 saturated heterocycles. The van der Waals surface area contributed by atoms with Crippen molar-refractivity contribution in [2.75, 3.05) is 0 Å². The van der Waals surface area contributed by atoms with Crippen molar-refractivity contribution in [2.45, 2.75) is 20.0 Å².